The standard InChI is InChI=1S/3ClH.Mo.N/h3*1H;;/q;;;+3;/p-3. The third kappa shape index (κ3) is 35.0. The second-order valence-electron chi connectivity index (χ2n) is 0.382. The summed E-state index contributed by atoms with van der Waals surface area (Å²) in [4.78, 5) is 0. The summed E-state index contributed by atoms with van der Waals surface area (Å²) < 4.78 is 8.01. The van der Waals surface area contributed by atoms with E-state index in [1.807, 2.05) is 0 Å². The van der Waals surface area contributed by atoms with Gasteiger partial charge < -0.3 is 0 Å². The second-order valence-corrected chi connectivity index (χ2v) is 13.0. The van der Waals surface area contributed by atoms with Crippen LogP contribution in [-0.2, 0) is 12.6 Å². The molecule has 0 atom stereocenters. The van der Waals surface area contributed by atoms with Crippen molar-refractivity contribution in [3.63, 3.8) is 0 Å². The molecule has 0 N–H and O–H groups in total. The van der Waals surface area contributed by atoms with Crippen molar-refractivity contribution < 1.29 is 12.6 Å². The van der Waals surface area contributed by atoms with Gasteiger partial charge in [-0.25, -0.2) is 0 Å². The van der Waals surface area contributed by atoms with E-state index in [9.17, 15) is 0 Å². The Balaban J connectivity index is 3.66. The topological polar surface area (TPSA) is 23.8 Å². The van der Waals surface area contributed by atoms with Gasteiger partial charge in [0.15, 0.2) is 0 Å². The first-order valence-corrected chi connectivity index (χ1v) is 9.30. The fourth-order valence-electron chi connectivity index (χ4n) is 0. The third-order valence-corrected chi connectivity index (χ3v) is 0. The van der Waals surface area contributed by atoms with Gasteiger partial charge in [-0.3, -0.25) is 0 Å². The zero-order valence-electron chi connectivity index (χ0n) is 1.99. The first-order chi connectivity index (χ1) is 2.00. The molecular weight excluding hydrogens is 216 g/mol. The number of hydrogen-bond acceptors (Lipinski definition) is 1. The minimum absolute atomic E-state index is 3.60. The molecule has 0 saturated carbocycles. The Labute approximate surface area is 44.5 Å². The van der Waals surface area contributed by atoms with Gasteiger partial charge in [0.1, 0.15) is 0 Å². The molecule has 0 spiro atoms. The summed E-state index contributed by atoms with van der Waals surface area (Å²) in [5.41, 5.74) is 0. The molecule has 5 heavy (non-hydrogen) atoms. The van der Waals surface area contributed by atoms with Gasteiger partial charge >= 0.3 is 44.6 Å². The summed E-state index contributed by atoms with van der Waals surface area (Å²) >= 11 is -3.60. The molecule has 0 rings (SSSR count). The van der Waals surface area contributed by atoms with Gasteiger partial charge in [0.25, 0.3) is 0 Å². The van der Waals surface area contributed by atoms with E-state index >= 15 is 0 Å². The summed E-state index contributed by atoms with van der Waals surface area (Å²) in [5, 5.41) is 0. The first kappa shape index (κ1) is 6.27. The Kier molecular flexibility index (Phi) is 2.28. The van der Waals surface area contributed by atoms with Crippen LogP contribution in [0.15, 0.2) is 0 Å². The molecule has 0 amide bonds. The summed E-state index contributed by atoms with van der Waals surface area (Å²) in [6, 6.07) is 0. The molecule has 1 nitrogen and oxygen atoms in total. The van der Waals surface area contributed by atoms with Crippen molar-refractivity contribution in [2.45, 2.75) is 0 Å². The van der Waals surface area contributed by atoms with Crippen LogP contribution in [0.2, 0.25) is 0 Å². The number of nitrogens with zero attached hydrogens (tertiary/aromatic N) is 1. The number of halogens is 3. The zero-order chi connectivity index (χ0) is 4.50. The van der Waals surface area contributed by atoms with Gasteiger partial charge in [0.05, 0.1) is 0 Å². The first-order valence-electron chi connectivity index (χ1n) is 0.645. The van der Waals surface area contributed by atoms with Crippen LogP contribution in [0.5, 0.6) is 0 Å². The second kappa shape index (κ2) is 1.82. The van der Waals surface area contributed by atoms with Crippen molar-refractivity contribution in [3.8, 4) is 0 Å². The summed E-state index contributed by atoms with van der Waals surface area (Å²) in [7, 11) is 14.4. The Morgan fingerprint density at radius 2 is 1.20 bits per heavy atom. The average Bonchev–Trinajstić information content (AvgIpc) is 0.722. The van der Waals surface area contributed by atoms with Gasteiger partial charge in [-0.1, -0.05) is 0 Å². The molecule has 0 fully saturated rings. The molecule has 0 aromatic rings. The molecule has 0 aliphatic carbocycles. The summed E-state index contributed by atoms with van der Waals surface area (Å²) in [6.07, 6.45) is 0. The Hall–Kier alpha value is 1.27. The van der Waals surface area contributed by atoms with Gasteiger partial charge in [-0.15, -0.1) is 0 Å². The van der Waals surface area contributed by atoms with Crippen molar-refractivity contribution in [2.75, 3.05) is 0 Å². The monoisotopic (exact) mass is 217 g/mol. The van der Waals surface area contributed by atoms with E-state index in [0.717, 1.165) is 0 Å². The molecule has 0 radical (unpaired) electrons. The third-order valence-electron chi connectivity index (χ3n) is 0. The molecule has 0 saturated heterocycles. The predicted molar refractivity (Wildman–Crippen MR) is 19.3 cm³/mol. The van der Waals surface area contributed by atoms with E-state index < -0.39 is 12.6 Å². The molecule has 0 unspecified atom stereocenters. The molecule has 0 heterocycles. The summed E-state index contributed by atoms with van der Waals surface area (Å²) in [5.74, 6) is 0. The van der Waals surface area contributed by atoms with Crippen LogP contribution in [0.1, 0.15) is 0 Å². The SMILES string of the molecule is [N]#[Mo]([Cl])([Cl])[Cl]. The van der Waals surface area contributed by atoms with Crippen LogP contribution in [0.4, 0.5) is 0 Å². The van der Waals surface area contributed by atoms with Gasteiger partial charge in [-0.05, 0) is 0 Å². The Morgan fingerprint density at radius 1 is 1.20 bits per heavy atom. The van der Waals surface area contributed by atoms with Crippen molar-refractivity contribution in [3.05, 3.63) is 0 Å². The van der Waals surface area contributed by atoms with E-state index in [0.29, 0.717) is 0 Å². The molecule has 0 aliphatic heterocycles. The maximum atomic E-state index is 8.01. The molecule has 0 aromatic heterocycles. The normalized spacial score (nSPS) is 11.6. The van der Waals surface area contributed by atoms with Crippen LogP contribution in [-0.4, -0.2) is 0 Å². The molecular formula is Cl3MoN. The molecule has 0 aliphatic rings. The van der Waals surface area contributed by atoms with Crippen molar-refractivity contribution in [1.82, 2.24) is 0 Å². The van der Waals surface area contributed by atoms with E-state index in [-0.39, 0.29) is 0 Å². The van der Waals surface area contributed by atoms with Crippen LogP contribution >= 0.6 is 28.3 Å². The maximum absolute atomic E-state index is 8.01. The molecule has 0 bridgehead atoms. The van der Waals surface area contributed by atoms with Crippen LogP contribution in [0.25, 0.3) is 0 Å². The van der Waals surface area contributed by atoms with E-state index in [1.165, 1.54) is 0 Å². The van der Waals surface area contributed by atoms with Gasteiger partial charge in [0.2, 0.25) is 0 Å². The average molecular weight is 216 g/mol. The summed E-state index contributed by atoms with van der Waals surface area (Å²) in [6.45, 7) is 0. The minimum atomic E-state index is -3.60. The van der Waals surface area contributed by atoms with Crippen molar-refractivity contribution in [1.29, 1.82) is 3.73 Å². The van der Waals surface area contributed by atoms with E-state index in [2.05, 4.69) is 0 Å². The van der Waals surface area contributed by atoms with Gasteiger partial charge in [0, 0.05) is 0 Å². The van der Waals surface area contributed by atoms with Crippen molar-refractivity contribution >= 4 is 28.3 Å². The van der Waals surface area contributed by atoms with Crippen LogP contribution in [0, 0.1) is 3.73 Å². The van der Waals surface area contributed by atoms with E-state index in [1.54, 1.807) is 0 Å². The van der Waals surface area contributed by atoms with Crippen LogP contribution < -0.4 is 0 Å². The molecule has 0 aromatic carbocycles. The van der Waals surface area contributed by atoms with Gasteiger partial charge in [-0.2, -0.15) is 0 Å². The molecule has 32 valence electrons. The molecule has 5 heteroatoms. The fraction of sp³-hybridized carbons (Fsp3) is 0. The predicted octanol–water partition coefficient (Wildman–Crippen LogP) is 2.08. The number of rotatable bonds is 0. The van der Waals surface area contributed by atoms with Crippen molar-refractivity contribution in [2.24, 2.45) is 0 Å². The zero-order valence-corrected chi connectivity index (χ0v) is 6.26. The van der Waals surface area contributed by atoms with Crippen LogP contribution in [0.3, 0.4) is 0 Å². The van der Waals surface area contributed by atoms with E-state index in [4.69, 9.17) is 32.0 Å². The fourth-order valence-corrected chi connectivity index (χ4v) is 0. The Bertz CT molecular complexity index is 86.0. The quantitative estimate of drug-likeness (QED) is 0.569. The Morgan fingerprint density at radius 3 is 1.20 bits per heavy atom. The number of hydrogen-bond donors (Lipinski definition) is 0.